The van der Waals surface area contributed by atoms with Crippen LogP contribution in [0.1, 0.15) is 59.3 Å². The Labute approximate surface area is 101 Å². The van der Waals surface area contributed by atoms with Crippen LogP contribution in [0.3, 0.4) is 0 Å². The molecule has 0 aromatic heterocycles. The molecule has 0 amide bonds. The van der Waals surface area contributed by atoms with Crippen LogP contribution in [0.4, 0.5) is 0 Å². The molecule has 4 atom stereocenters. The van der Waals surface area contributed by atoms with E-state index in [1.165, 1.54) is 45.1 Å². The van der Waals surface area contributed by atoms with E-state index in [1.807, 2.05) is 0 Å². The van der Waals surface area contributed by atoms with Crippen molar-refractivity contribution in [2.24, 2.45) is 23.7 Å². The first-order chi connectivity index (χ1) is 7.79. The predicted molar refractivity (Wildman–Crippen MR) is 70.5 cm³/mol. The van der Waals surface area contributed by atoms with E-state index < -0.39 is 0 Å². The summed E-state index contributed by atoms with van der Waals surface area (Å²) < 4.78 is 0. The molecule has 2 fully saturated rings. The Hall–Kier alpha value is -0.0400. The molecule has 1 N–H and O–H groups in total. The van der Waals surface area contributed by atoms with Gasteiger partial charge in [0.1, 0.15) is 0 Å². The number of hydrogen-bond acceptors (Lipinski definition) is 1. The molecule has 2 rings (SSSR count). The Bertz CT molecular complexity index is 201. The molecule has 0 bridgehead atoms. The second-order valence-electron chi connectivity index (χ2n) is 6.05. The van der Waals surface area contributed by atoms with Gasteiger partial charge in [0.05, 0.1) is 0 Å². The lowest BCUT2D eigenvalue weighted by molar-refractivity contribution is 0.314. The Balaban J connectivity index is 1.91. The fourth-order valence-electron chi connectivity index (χ4n) is 3.86. The molecule has 0 aromatic rings. The minimum absolute atomic E-state index is 0.818. The molecular formula is C15H29N. The average molecular weight is 223 g/mol. The molecule has 0 aliphatic heterocycles. The van der Waals surface area contributed by atoms with Gasteiger partial charge in [0, 0.05) is 6.04 Å². The second kappa shape index (κ2) is 5.53. The molecule has 1 nitrogen and oxygen atoms in total. The van der Waals surface area contributed by atoms with Gasteiger partial charge in [-0.2, -0.15) is 0 Å². The van der Waals surface area contributed by atoms with Gasteiger partial charge in [0.15, 0.2) is 0 Å². The van der Waals surface area contributed by atoms with Gasteiger partial charge in [0.2, 0.25) is 0 Å². The van der Waals surface area contributed by atoms with Crippen LogP contribution in [0.2, 0.25) is 0 Å². The van der Waals surface area contributed by atoms with Crippen LogP contribution >= 0.6 is 0 Å². The fraction of sp³-hybridized carbons (Fsp3) is 1.00. The SMILES string of the molecule is CCCNC(C(C)CC)C1C2CCCCC21. The van der Waals surface area contributed by atoms with Crippen molar-refractivity contribution >= 4 is 0 Å². The largest absolute Gasteiger partial charge is 0.313 e. The third kappa shape index (κ3) is 2.45. The molecule has 0 heterocycles. The van der Waals surface area contributed by atoms with E-state index in [1.54, 1.807) is 0 Å². The second-order valence-corrected chi connectivity index (χ2v) is 6.05. The molecule has 0 saturated heterocycles. The number of hydrogen-bond donors (Lipinski definition) is 1. The lowest BCUT2D eigenvalue weighted by Crippen LogP contribution is -2.38. The van der Waals surface area contributed by atoms with Crippen LogP contribution in [0.15, 0.2) is 0 Å². The van der Waals surface area contributed by atoms with Crippen molar-refractivity contribution < 1.29 is 0 Å². The standard InChI is InChI=1S/C15H29N/c1-4-10-16-15(11(3)5-2)14-12-8-6-7-9-13(12)14/h11-16H,4-10H2,1-3H3. The molecule has 0 spiro atoms. The van der Waals surface area contributed by atoms with Crippen LogP contribution in [-0.2, 0) is 0 Å². The lowest BCUT2D eigenvalue weighted by atomic mass is 9.93. The molecule has 2 aliphatic carbocycles. The van der Waals surface area contributed by atoms with Crippen LogP contribution in [0.5, 0.6) is 0 Å². The van der Waals surface area contributed by atoms with Crippen molar-refractivity contribution in [3.8, 4) is 0 Å². The van der Waals surface area contributed by atoms with Crippen LogP contribution < -0.4 is 5.32 Å². The zero-order valence-corrected chi connectivity index (χ0v) is 11.3. The number of fused-ring (bicyclic) bond motifs is 1. The lowest BCUT2D eigenvalue weighted by Gasteiger charge is -2.25. The van der Waals surface area contributed by atoms with E-state index in [4.69, 9.17) is 0 Å². The smallest absolute Gasteiger partial charge is 0.0126 e. The van der Waals surface area contributed by atoms with Gasteiger partial charge >= 0.3 is 0 Å². The van der Waals surface area contributed by atoms with E-state index in [-0.39, 0.29) is 0 Å². The monoisotopic (exact) mass is 223 g/mol. The van der Waals surface area contributed by atoms with E-state index in [2.05, 4.69) is 26.1 Å². The average Bonchev–Trinajstić information content (AvgIpc) is 3.04. The molecule has 2 aliphatic rings. The van der Waals surface area contributed by atoms with Gasteiger partial charge in [-0.25, -0.2) is 0 Å². The Morgan fingerprint density at radius 2 is 1.75 bits per heavy atom. The Morgan fingerprint density at radius 1 is 1.12 bits per heavy atom. The van der Waals surface area contributed by atoms with Crippen molar-refractivity contribution in [2.45, 2.75) is 65.3 Å². The van der Waals surface area contributed by atoms with Crippen LogP contribution in [0.25, 0.3) is 0 Å². The minimum atomic E-state index is 0.818. The maximum absolute atomic E-state index is 3.84. The van der Waals surface area contributed by atoms with Gasteiger partial charge in [-0.3, -0.25) is 0 Å². The summed E-state index contributed by atoms with van der Waals surface area (Å²) in [5.41, 5.74) is 0. The highest BCUT2D eigenvalue weighted by Crippen LogP contribution is 2.58. The molecule has 1 heteroatoms. The van der Waals surface area contributed by atoms with Crippen molar-refractivity contribution in [3.05, 3.63) is 0 Å². The summed E-state index contributed by atoms with van der Waals surface area (Å²) in [7, 11) is 0. The van der Waals surface area contributed by atoms with E-state index in [0.717, 1.165) is 29.7 Å². The molecule has 2 saturated carbocycles. The summed E-state index contributed by atoms with van der Waals surface area (Å²) in [5, 5.41) is 3.84. The molecule has 0 aromatic carbocycles. The minimum Gasteiger partial charge on any atom is -0.313 e. The van der Waals surface area contributed by atoms with Crippen molar-refractivity contribution in [1.82, 2.24) is 5.32 Å². The Kier molecular flexibility index (Phi) is 4.29. The van der Waals surface area contributed by atoms with Crippen molar-refractivity contribution in [3.63, 3.8) is 0 Å². The number of rotatable bonds is 6. The van der Waals surface area contributed by atoms with Crippen molar-refractivity contribution in [1.29, 1.82) is 0 Å². The van der Waals surface area contributed by atoms with Gasteiger partial charge in [-0.15, -0.1) is 0 Å². The van der Waals surface area contributed by atoms with Crippen LogP contribution in [-0.4, -0.2) is 12.6 Å². The third-order valence-electron chi connectivity index (χ3n) is 5.02. The topological polar surface area (TPSA) is 12.0 Å². The molecule has 16 heavy (non-hydrogen) atoms. The maximum Gasteiger partial charge on any atom is 0.0126 e. The zero-order valence-electron chi connectivity index (χ0n) is 11.3. The summed E-state index contributed by atoms with van der Waals surface area (Å²) in [6, 6.07) is 0.818. The first kappa shape index (κ1) is 12.4. The molecule has 0 radical (unpaired) electrons. The summed E-state index contributed by atoms with van der Waals surface area (Å²) in [5.74, 6) is 4.08. The quantitative estimate of drug-likeness (QED) is 0.721. The predicted octanol–water partition coefficient (Wildman–Crippen LogP) is 3.84. The van der Waals surface area contributed by atoms with Gasteiger partial charge in [-0.05, 0) is 49.5 Å². The summed E-state index contributed by atoms with van der Waals surface area (Å²) in [4.78, 5) is 0. The third-order valence-corrected chi connectivity index (χ3v) is 5.02. The van der Waals surface area contributed by atoms with Gasteiger partial charge in [0.25, 0.3) is 0 Å². The highest BCUT2D eigenvalue weighted by Gasteiger charge is 2.54. The highest BCUT2D eigenvalue weighted by atomic mass is 14.9. The van der Waals surface area contributed by atoms with E-state index >= 15 is 0 Å². The Morgan fingerprint density at radius 3 is 2.25 bits per heavy atom. The van der Waals surface area contributed by atoms with Crippen LogP contribution in [0, 0.1) is 23.7 Å². The van der Waals surface area contributed by atoms with E-state index in [0.29, 0.717) is 0 Å². The van der Waals surface area contributed by atoms with Gasteiger partial charge in [-0.1, -0.05) is 40.0 Å². The zero-order chi connectivity index (χ0) is 11.5. The fourth-order valence-corrected chi connectivity index (χ4v) is 3.86. The highest BCUT2D eigenvalue weighted by molar-refractivity contribution is 5.05. The maximum atomic E-state index is 3.84. The summed E-state index contributed by atoms with van der Waals surface area (Å²) in [6.07, 6.45) is 8.65. The first-order valence-electron chi connectivity index (χ1n) is 7.53. The first-order valence-corrected chi connectivity index (χ1v) is 7.53. The number of nitrogens with one attached hydrogen (secondary N) is 1. The van der Waals surface area contributed by atoms with E-state index in [9.17, 15) is 0 Å². The molecular weight excluding hydrogens is 194 g/mol. The van der Waals surface area contributed by atoms with Crippen molar-refractivity contribution in [2.75, 3.05) is 6.54 Å². The summed E-state index contributed by atoms with van der Waals surface area (Å²) in [6.45, 7) is 8.28. The normalized spacial score (nSPS) is 36.6. The van der Waals surface area contributed by atoms with Gasteiger partial charge < -0.3 is 5.32 Å². The summed E-state index contributed by atoms with van der Waals surface area (Å²) >= 11 is 0. The molecule has 4 unspecified atom stereocenters. The molecule has 94 valence electrons.